The lowest BCUT2D eigenvalue weighted by Crippen LogP contribution is -2.26. The highest BCUT2D eigenvalue weighted by Crippen LogP contribution is 2.10. The smallest absolute Gasteiger partial charge is 0.226 e. The van der Waals surface area contributed by atoms with Crippen LogP contribution in [0.25, 0.3) is 0 Å². The minimum Gasteiger partial charge on any atom is -0.392 e. The average molecular weight is 322 g/mol. The Morgan fingerprint density at radius 1 is 1.18 bits per heavy atom. The van der Waals surface area contributed by atoms with Gasteiger partial charge in [-0.15, -0.1) is 11.3 Å². The van der Waals surface area contributed by atoms with Crippen LogP contribution in [-0.4, -0.2) is 43.5 Å². The summed E-state index contributed by atoms with van der Waals surface area (Å²) < 4.78 is 1.46. The van der Waals surface area contributed by atoms with Crippen LogP contribution in [0.4, 0.5) is 0 Å². The van der Waals surface area contributed by atoms with Crippen LogP contribution in [0.5, 0.6) is 0 Å². The molecule has 0 atom stereocenters. The van der Waals surface area contributed by atoms with Crippen LogP contribution < -0.4 is 0 Å². The summed E-state index contributed by atoms with van der Waals surface area (Å²) in [5, 5.41) is 14.9. The van der Waals surface area contributed by atoms with Gasteiger partial charge < -0.3 is 9.68 Å². The third-order valence-electron chi connectivity index (χ3n) is 2.19. The van der Waals surface area contributed by atoms with E-state index < -0.39 is 0 Å². The number of rotatable bonds is 6. The molecule has 0 aliphatic carbocycles. The maximum atomic E-state index is 5.37. The van der Waals surface area contributed by atoms with Gasteiger partial charge in [-0.05, 0) is 27.7 Å². The maximum Gasteiger partial charge on any atom is 0.226 e. The SMILES string of the molecule is CC(C)O/N=C(/C(=N/OC(C)C)n1cncn1)c1nccs1. The van der Waals surface area contributed by atoms with Crippen molar-refractivity contribution < 1.29 is 9.68 Å². The van der Waals surface area contributed by atoms with E-state index in [-0.39, 0.29) is 12.2 Å². The fraction of sp³-hybridized carbons (Fsp3) is 0.462. The van der Waals surface area contributed by atoms with E-state index in [1.165, 1.54) is 28.7 Å². The van der Waals surface area contributed by atoms with E-state index in [0.717, 1.165) is 0 Å². The summed E-state index contributed by atoms with van der Waals surface area (Å²) in [6.07, 6.45) is 4.46. The molecule has 0 unspecified atom stereocenters. The van der Waals surface area contributed by atoms with Crippen molar-refractivity contribution >= 4 is 22.9 Å². The van der Waals surface area contributed by atoms with Crippen LogP contribution in [0.3, 0.4) is 0 Å². The van der Waals surface area contributed by atoms with E-state index in [4.69, 9.17) is 9.68 Å². The minimum atomic E-state index is -0.0814. The molecule has 118 valence electrons. The number of oxime groups is 2. The number of hydrogen-bond donors (Lipinski definition) is 0. The van der Waals surface area contributed by atoms with Crippen molar-refractivity contribution in [2.24, 2.45) is 10.3 Å². The Morgan fingerprint density at radius 2 is 1.91 bits per heavy atom. The quantitative estimate of drug-likeness (QED) is 0.462. The second-order valence-corrected chi connectivity index (χ2v) is 5.73. The highest BCUT2D eigenvalue weighted by Gasteiger charge is 2.20. The molecule has 2 aromatic rings. The van der Waals surface area contributed by atoms with Crippen molar-refractivity contribution in [1.29, 1.82) is 0 Å². The second-order valence-electron chi connectivity index (χ2n) is 4.84. The lowest BCUT2D eigenvalue weighted by atomic mass is 10.3. The van der Waals surface area contributed by atoms with Crippen LogP contribution in [0.1, 0.15) is 32.7 Å². The molecule has 0 spiro atoms. The van der Waals surface area contributed by atoms with Crippen LogP contribution in [0.2, 0.25) is 0 Å². The molecule has 0 fully saturated rings. The first kappa shape index (κ1) is 16.1. The Hall–Kier alpha value is -2.29. The molecule has 0 saturated carbocycles. The third-order valence-corrected chi connectivity index (χ3v) is 2.97. The molecular weight excluding hydrogens is 304 g/mol. The number of thiazole rings is 1. The summed E-state index contributed by atoms with van der Waals surface area (Å²) in [5.74, 6) is 0.363. The number of aromatic nitrogens is 4. The molecular formula is C13H18N6O2S. The van der Waals surface area contributed by atoms with Gasteiger partial charge in [-0.3, -0.25) is 0 Å². The summed E-state index contributed by atoms with van der Waals surface area (Å²) in [7, 11) is 0. The fourth-order valence-electron chi connectivity index (χ4n) is 1.34. The van der Waals surface area contributed by atoms with Gasteiger partial charge in [0.05, 0.1) is 0 Å². The van der Waals surface area contributed by atoms with Crippen LogP contribution in [-0.2, 0) is 9.68 Å². The number of hydrogen-bond acceptors (Lipinski definition) is 8. The zero-order valence-electron chi connectivity index (χ0n) is 12.9. The molecule has 9 heteroatoms. The van der Waals surface area contributed by atoms with Crippen molar-refractivity contribution in [2.75, 3.05) is 0 Å². The largest absolute Gasteiger partial charge is 0.392 e. The van der Waals surface area contributed by atoms with Gasteiger partial charge in [0, 0.05) is 11.6 Å². The van der Waals surface area contributed by atoms with E-state index >= 15 is 0 Å². The molecule has 0 radical (unpaired) electrons. The normalized spacial score (nSPS) is 13.0. The molecule has 2 rings (SSSR count). The lowest BCUT2D eigenvalue weighted by Gasteiger charge is -2.10. The van der Waals surface area contributed by atoms with Gasteiger partial charge in [0.1, 0.15) is 29.9 Å². The summed E-state index contributed by atoms with van der Waals surface area (Å²) in [6.45, 7) is 7.54. The summed E-state index contributed by atoms with van der Waals surface area (Å²) in [4.78, 5) is 18.9. The van der Waals surface area contributed by atoms with Gasteiger partial charge >= 0.3 is 0 Å². The summed E-state index contributed by atoms with van der Waals surface area (Å²) in [6, 6.07) is 0. The maximum absolute atomic E-state index is 5.37. The Balaban J connectivity index is 2.44. The van der Waals surface area contributed by atoms with Crippen molar-refractivity contribution in [3.63, 3.8) is 0 Å². The molecule has 2 aromatic heterocycles. The third kappa shape index (κ3) is 4.35. The predicted octanol–water partition coefficient (Wildman–Crippen LogP) is 2.15. The predicted molar refractivity (Wildman–Crippen MR) is 83.9 cm³/mol. The highest BCUT2D eigenvalue weighted by molar-refractivity contribution is 7.12. The van der Waals surface area contributed by atoms with Gasteiger partial charge in [0.25, 0.3) is 0 Å². The summed E-state index contributed by atoms with van der Waals surface area (Å²) >= 11 is 1.42. The number of nitrogens with zero attached hydrogens (tertiary/aromatic N) is 6. The Kier molecular flexibility index (Phi) is 5.59. The van der Waals surface area contributed by atoms with Gasteiger partial charge in [-0.25, -0.2) is 9.97 Å². The fourth-order valence-corrected chi connectivity index (χ4v) is 1.95. The molecule has 0 amide bonds. The van der Waals surface area contributed by atoms with Crippen molar-refractivity contribution in [3.05, 3.63) is 29.2 Å². The highest BCUT2D eigenvalue weighted by atomic mass is 32.1. The van der Waals surface area contributed by atoms with Gasteiger partial charge in [-0.2, -0.15) is 9.78 Å². The van der Waals surface area contributed by atoms with Crippen molar-refractivity contribution in [1.82, 2.24) is 19.7 Å². The van der Waals surface area contributed by atoms with E-state index in [1.54, 1.807) is 6.20 Å². The minimum absolute atomic E-state index is 0.0713. The molecule has 0 aliphatic rings. The standard InChI is InChI=1S/C13H18N6O2S/c1-9(2)20-17-11(13-15-5-6-22-13)12(18-21-10(3)4)19-8-14-7-16-19/h5-10H,1-4H3/b17-11-,18-12-. The van der Waals surface area contributed by atoms with Crippen LogP contribution >= 0.6 is 11.3 Å². The monoisotopic (exact) mass is 322 g/mol. The molecule has 2 heterocycles. The zero-order valence-corrected chi connectivity index (χ0v) is 13.7. The van der Waals surface area contributed by atoms with Crippen LogP contribution in [0, 0.1) is 0 Å². The Morgan fingerprint density at radius 3 is 2.45 bits per heavy atom. The zero-order chi connectivity index (χ0) is 15.9. The lowest BCUT2D eigenvalue weighted by molar-refractivity contribution is 0.0825. The Labute approximate surface area is 132 Å². The van der Waals surface area contributed by atoms with E-state index in [9.17, 15) is 0 Å². The molecule has 0 saturated heterocycles. The average Bonchev–Trinajstić information content (AvgIpc) is 3.14. The van der Waals surface area contributed by atoms with Crippen molar-refractivity contribution in [3.8, 4) is 0 Å². The molecule has 22 heavy (non-hydrogen) atoms. The van der Waals surface area contributed by atoms with E-state index in [2.05, 4.69) is 25.4 Å². The molecule has 0 bridgehead atoms. The first-order valence-corrected chi connectivity index (χ1v) is 7.68. The van der Waals surface area contributed by atoms with Gasteiger partial charge in [0.15, 0.2) is 5.71 Å². The second kappa shape index (κ2) is 7.64. The first-order valence-electron chi connectivity index (χ1n) is 6.80. The molecule has 8 nitrogen and oxygen atoms in total. The summed E-state index contributed by atoms with van der Waals surface area (Å²) in [5.41, 5.74) is 0.440. The first-order chi connectivity index (χ1) is 10.6. The molecule has 0 N–H and O–H groups in total. The topological polar surface area (TPSA) is 86.8 Å². The van der Waals surface area contributed by atoms with Gasteiger partial charge in [0.2, 0.25) is 5.84 Å². The van der Waals surface area contributed by atoms with Gasteiger partial charge in [-0.1, -0.05) is 10.3 Å². The van der Waals surface area contributed by atoms with Crippen LogP contribution in [0.15, 0.2) is 34.5 Å². The molecule has 0 aromatic carbocycles. The van der Waals surface area contributed by atoms with E-state index in [0.29, 0.717) is 16.6 Å². The Bertz CT molecular complexity index is 563. The molecule has 0 aliphatic heterocycles. The van der Waals surface area contributed by atoms with E-state index in [1.807, 2.05) is 33.1 Å². The van der Waals surface area contributed by atoms with Crippen molar-refractivity contribution in [2.45, 2.75) is 39.9 Å².